The Bertz CT molecular complexity index is 482. The zero-order valence-electron chi connectivity index (χ0n) is 10.8. The van der Waals surface area contributed by atoms with Crippen LogP contribution in [0.25, 0.3) is 0 Å². The van der Waals surface area contributed by atoms with Gasteiger partial charge in [0.15, 0.2) is 0 Å². The lowest BCUT2D eigenvalue weighted by molar-refractivity contribution is 0.305. The second-order valence-electron chi connectivity index (χ2n) is 3.96. The summed E-state index contributed by atoms with van der Waals surface area (Å²) in [5, 5.41) is 4.22. The Morgan fingerprint density at radius 2 is 2.06 bits per heavy atom. The summed E-state index contributed by atoms with van der Waals surface area (Å²) >= 11 is 1.73. The summed E-state index contributed by atoms with van der Waals surface area (Å²) < 4.78 is 5.71. The molecule has 2 aromatic rings. The van der Waals surface area contributed by atoms with Gasteiger partial charge in [-0.05, 0) is 25.6 Å². The van der Waals surface area contributed by atoms with E-state index < -0.39 is 0 Å². The van der Waals surface area contributed by atoms with Gasteiger partial charge in [0, 0.05) is 11.4 Å². The lowest BCUT2D eigenvalue weighted by Crippen LogP contribution is -2.05. The van der Waals surface area contributed by atoms with Crippen LogP contribution < -0.4 is 10.1 Å². The highest BCUT2D eigenvalue weighted by molar-refractivity contribution is 7.11. The number of hydrogen-bond donors (Lipinski definition) is 1. The monoisotopic (exact) mass is 262 g/mol. The van der Waals surface area contributed by atoms with Crippen LogP contribution in [0.5, 0.6) is 5.75 Å². The fourth-order valence-corrected chi connectivity index (χ4v) is 2.82. The van der Waals surface area contributed by atoms with Crippen LogP contribution in [0.15, 0.2) is 30.3 Å². The number of nitrogens with zero attached hydrogens (tertiary/aromatic N) is 1. The smallest absolute Gasteiger partial charge is 0.140 e. The highest BCUT2D eigenvalue weighted by atomic mass is 32.1. The van der Waals surface area contributed by atoms with Crippen LogP contribution >= 0.6 is 11.3 Å². The molecule has 1 heterocycles. The van der Waals surface area contributed by atoms with E-state index in [9.17, 15) is 0 Å². The van der Waals surface area contributed by atoms with E-state index in [2.05, 4.69) is 17.2 Å². The molecule has 96 valence electrons. The molecule has 0 saturated carbocycles. The molecular weight excluding hydrogens is 244 g/mol. The van der Waals surface area contributed by atoms with Crippen molar-refractivity contribution in [2.45, 2.75) is 26.5 Å². The lowest BCUT2D eigenvalue weighted by Gasteiger charge is -2.02. The van der Waals surface area contributed by atoms with E-state index in [0.717, 1.165) is 23.7 Å². The number of para-hydroxylation sites is 1. The predicted molar refractivity (Wildman–Crippen MR) is 75.0 cm³/mol. The van der Waals surface area contributed by atoms with Crippen LogP contribution in [-0.2, 0) is 19.6 Å². The lowest BCUT2D eigenvalue weighted by atomic mass is 10.3. The maximum absolute atomic E-state index is 5.71. The zero-order chi connectivity index (χ0) is 12.8. The van der Waals surface area contributed by atoms with E-state index in [4.69, 9.17) is 4.74 Å². The topological polar surface area (TPSA) is 34.1 Å². The van der Waals surface area contributed by atoms with Gasteiger partial charge in [0.25, 0.3) is 0 Å². The first-order valence-corrected chi connectivity index (χ1v) is 6.95. The third kappa shape index (κ3) is 3.31. The molecule has 1 aromatic heterocycles. The van der Waals surface area contributed by atoms with Gasteiger partial charge in [-0.1, -0.05) is 25.1 Å². The molecule has 0 atom stereocenters. The zero-order valence-corrected chi connectivity index (χ0v) is 11.6. The maximum Gasteiger partial charge on any atom is 0.140 e. The molecule has 0 aliphatic carbocycles. The molecule has 0 radical (unpaired) electrons. The summed E-state index contributed by atoms with van der Waals surface area (Å²) in [6.45, 7) is 3.56. The van der Waals surface area contributed by atoms with Crippen molar-refractivity contribution in [2.75, 3.05) is 7.05 Å². The Kier molecular flexibility index (Phi) is 4.73. The quantitative estimate of drug-likeness (QED) is 0.869. The van der Waals surface area contributed by atoms with Crippen molar-refractivity contribution in [2.24, 2.45) is 0 Å². The van der Waals surface area contributed by atoms with Gasteiger partial charge in [-0.15, -0.1) is 11.3 Å². The third-order valence-corrected chi connectivity index (χ3v) is 3.67. The van der Waals surface area contributed by atoms with E-state index in [-0.39, 0.29) is 0 Å². The molecule has 1 N–H and O–H groups in total. The van der Waals surface area contributed by atoms with Gasteiger partial charge < -0.3 is 10.1 Å². The molecule has 0 amide bonds. The van der Waals surface area contributed by atoms with Crippen LogP contribution in [0, 0.1) is 0 Å². The normalized spacial score (nSPS) is 10.6. The average molecular weight is 262 g/mol. The number of thiazole rings is 1. The van der Waals surface area contributed by atoms with Crippen LogP contribution in [0.2, 0.25) is 0 Å². The van der Waals surface area contributed by atoms with Crippen molar-refractivity contribution in [1.82, 2.24) is 10.3 Å². The standard InChI is InChI=1S/C14H18N2OS/c1-3-12-13(9-15-2)18-14(16-12)10-17-11-7-5-4-6-8-11/h4-8,15H,3,9-10H2,1-2H3. The van der Waals surface area contributed by atoms with Gasteiger partial charge in [0.2, 0.25) is 0 Å². The van der Waals surface area contributed by atoms with Crippen LogP contribution in [0.3, 0.4) is 0 Å². The Morgan fingerprint density at radius 1 is 1.28 bits per heavy atom. The maximum atomic E-state index is 5.71. The number of aromatic nitrogens is 1. The Labute approximate surface area is 112 Å². The van der Waals surface area contributed by atoms with E-state index in [1.165, 1.54) is 10.6 Å². The Balaban J connectivity index is 2.01. The van der Waals surface area contributed by atoms with E-state index in [0.29, 0.717) is 6.61 Å². The molecule has 0 spiro atoms. The molecule has 0 bridgehead atoms. The van der Waals surface area contributed by atoms with Gasteiger partial charge in [-0.2, -0.15) is 0 Å². The minimum Gasteiger partial charge on any atom is -0.486 e. The summed E-state index contributed by atoms with van der Waals surface area (Å²) in [6, 6.07) is 9.85. The second kappa shape index (κ2) is 6.52. The summed E-state index contributed by atoms with van der Waals surface area (Å²) in [5.74, 6) is 0.890. The summed E-state index contributed by atoms with van der Waals surface area (Å²) in [4.78, 5) is 5.93. The van der Waals surface area contributed by atoms with E-state index in [1.807, 2.05) is 37.4 Å². The number of ether oxygens (including phenoxy) is 1. The molecule has 18 heavy (non-hydrogen) atoms. The molecule has 4 heteroatoms. The first-order valence-electron chi connectivity index (χ1n) is 6.13. The Morgan fingerprint density at radius 3 is 2.72 bits per heavy atom. The van der Waals surface area contributed by atoms with Crippen molar-refractivity contribution in [3.63, 3.8) is 0 Å². The largest absolute Gasteiger partial charge is 0.486 e. The van der Waals surface area contributed by atoms with Crippen molar-refractivity contribution in [3.8, 4) is 5.75 Å². The molecule has 0 aliphatic rings. The number of benzene rings is 1. The second-order valence-corrected chi connectivity index (χ2v) is 5.13. The average Bonchev–Trinajstić information content (AvgIpc) is 2.80. The number of nitrogens with one attached hydrogen (secondary N) is 1. The fraction of sp³-hybridized carbons (Fsp3) is 0.357. The summed E-state index contributed by atoms with van der Waals surface area (Å²) in [6.07, 6.45) is 0.971. The summed E-state index contributed by atoms with van der Waals surface area (Å²) in [5.41, 5.74) is 1.18. The molecule has 1 aromatic carbocycles. The molecule has 2 rings (SSSR count). The highest BCUT2D eigenvalue weighted by Gasteiger charge is 2.09. The van der Waals surface area contributed by atoms with Crippen molar-refractivity contribution in [3.05, 3.63) is 45.9 Å². The first kappa shape index (κ1) is 13.1. The molecule has 0 aliphatic heterocycles. The Hall–Kier alpha value is -1.39. The number of aryl methyl sites for hydroxylation is 1. The molecule has 0 unspecified atom stereocenters. The molecular formula is C14H18N2OS. The van der Waals surface area contributed by atoms with Gasteiger partial charge in [0.05, 0.1) is 5.69 Å². The minimum atomic E-state index is 0.547. The van der Waals surface area contributed by atoms with Gasteiger partial charge in [-0.3, -0.25) is 0 Å². The molecule has 0 fully saturated rings. The summed E-state index contributed by atoms with van der Waals surface area (Å²) in [7, 11) is 1.96. The number of hydrogen-bond acceptors (Lipinski definition) is 4. The van der Waals surface area contributed by atoms with Crippen molar-refractivity contribution < 1.29 is 4.74 Å². The first-order chi connectivity index (χ1) is 8.83. The SMILES string of the molecule is CCc1nc(COc2ccccc2)sc1CNC. The van der Waals surface area contributed by atoms with Crippen molar-refractivity contribution >= 4 is 11.3 Å². The van der Waals surface area contributed by atoms with E-state index in [1.54, 1.807) is 11.3 Å². The van der Waals surface area contributed by atoms with Gasteiger partial charge in [-0.25, -0.2) is 4.98 Å². The van der Waals surface area contributed by atoms with Crippen molar-refractivity contribution in [1.29, 1.82) is 0 Å². The highest BCUT2D eigenvalue weighted by Crippen LogP contribution is 2.21. The van der Waals surface area contributed by atoms with Crippen LogP contribution in [0.4, 0.5) is 0 Å². The third-order valence-electron chi connectivity index (χ3n) is 2.60. The predicted octanol–water partition coefficient (Wildman–Crippen LogP) is 3.00. The number of rotatable bonds is 6. The minimum absolute atomic E-state index is 0.547. The van der Waals surface area contributed by atoms with Crippen LogP contribution in [-0.4, -0.2) is 12.0 Å². The van der Waals surface area contributed by atoms with E-state index >= 15 is 0 Å². The van der Waals surface area contributed by atoms with Gasteiger partial charge >= 0.3 is 0 Å². The van der Waals surface area contributed by atoms with Crippen LogP contribution in [0.1, 0.15) is 22.5 Å². The fourth-order valence-electron chi connectivity index (χ4n) is 1.74. The van der Waals surface area contributed by atoms with Gasteiger partial charge in [0.1, 0.15) is 17.4 Å². The molecule has 3 nitrogen and oxygen atoms in total. The molecule has 0 saturated heterocycles.